The van der Waals surface area contributed by atoms with Crippen LogP contribution in [-0.2, 0) is 6.16 Å². The van der Waals surface area contributed by atoms with Gasteiger partial charge in [0.15, 0.2) is 0 Å². The third-order valence-corrected chi connectivity index (χ3v) is 6.91. The molecule has 1 unspecified atom stereocenters. The minimum absolute atomic E-state index is 0.714. The Labute approximate surface area is 138 Å². The summed E-state index contributed by atoms with van der Waals surface area (Å²) >= 11 is 0. The van der Waals surface area contributed by atoms with E-state index in [0.717, 1.165) is 8.58 Å². The molecule has 5 rings (SSSR count). The van der Waals surface area contributed by atoms with E-state index in [0.29, 0.717) is 5.92 Å². The molecule has 0 radical (unpaired) electrons. The lowest BCUT2D eigenvalue weighted by atomic mass is 9.82. The van der Waals surface area contributed by atoms with Crippen LogP contribution in [0.2, 0.25) is 0 Å². The second-order valence-electron chi connectivity index (χ2n) is 6.86. The summed E-state index contributed by atoms with van der Waals surface area (Å²) in [5.74, 6) is 0.714. The SMILES string of the molecule is C1=c2ccccc2=C2c3c(ccc4c3=CCCC=4)CPC[C@@H]2C1. The van der Waals surface area contributed by atoms with E-state index in [1.54, 1.807) is 16.7 Å². The first-order valence-electron chi connectivity index (χ1n) is 8.74. The van der Waals surface area contributed by atoms with Gasteiger partial charge in [-0.1, -0.05) is 54.6 Å². The largest absolute Gasteiger partial charge is 0.117 e. The van der Waals surface area contributed by atoms with Gasteiger partial charge in [-0.3, -0.25) is 0 Å². The summed E-state index contributed by atoms with van der Waals surface area (Å²) in [5.41, 5.74) is 4.82. The lowest BCUT2D eigenvalue weighted by Crippen LogP contribution is -2.38. The van der Waals surface area contributed by atoms with E-state index in [2.05, 4.69) is 54.6 Å². The monoisotopic (exact) mass is 316 g/mol. The third-order valence-electron chi connectivity index (χ3n) is 5.50. The van der Waals surface area contributed by atoms with Gasteiger partial charge in [-0.2, -0.15) is 0 Å². The fourth-order valence-electron chi connectivity index (χ4n) is 4.44. The van der Waals surface area contributed by atoms with Gasteiger partial charge in [-0.25, -0.2) is 0 Å². The fraction of sp³-hybridized carbons (Fsp3) is 0.273. The average Bonchev–Trinajstić information content (AvgIpc) is 2.81. The molecule has 2 atom stereocenters. The molecule has 2 aromatic rings. The molecule has 2 aliphatic carbocycles. The molecule has 1 heteroatoms. The number of fused-ring (bicyclic) bond motifs is 6. The smallest absolute Gasteiger partial charge is 0.00776 e. The van der Waals surface area contributed by atoms with Crippen LogP contribution in [0.3, 0.4) is 0 Å². The summed E-state index contributed by atoms with van der Waals surface area (Å²) in [6, 6.07) is 13.8. The molecule has 114 valence electrons. The zero-order valence-electron chi connectivity index (χ0n) is 13.3. The molecule has 23 heavy (non-hydrogen) atoms. The van der Waals surface area contributed by atoms with Crippen molar-refractivity contribution >= 4 is 32.4 Å². The summed E-state index contributed by atoms with van der Waals surface area (Å²) in [4.78, 5) is 0. The van der Waals surface area contributed by atoms with Crippen molar-refractivity contribution in [1.82, 2.24) is 0 Å². The van der Waals surface area contributed by atoms with Crippen LogP contribution in [0, 0.1) is 5.92 Å². The third kappa shape index (κ3) is 2.16. The van der Waals surface area contributed by atoms with Crippen molar-refractivity contribution in [1.29, 1.82) is 0 Å². The Morgan fingerprint density at radius 3 is 2.78 bits per heavy atom. The van der Waals surface area contributed by atoms with Crippen LogP contribution in [0.15, 0.2) is 36.4 Å². The van der Waals surface area contributed by atoms with E-state index in [1.165, 1.54) is 52.5 Å². The van der Waals surface area contributed by atoms with Gasteiger partial charge in [0.1, 0.15) is 0 Å². The van der Waals surface area contributed by atoms with Gasteiger partial charge in [0.05, 0.1) is 0 Å². The standard InChI is InChI=1S/C22H21P/c1-3-7-19-15(5-1)9-11-17-13-23-14-18-12-10-16-6-2-4-8-20(16)22(18)21(17)19/h1,3,5-10,12,17,23H,2,4,11,13-14H2/t17-/m0/s1. The normalized spacial score (nSPS) is 22.4. The fourth-order valence-corrected chi connectivity index (χ4v) is 5.87. The summed E-state index contributed by atoms with van der Waals surface area (Å²) in [7, 11) is 1.06. The first-order chi connectivity index (χ1) is 11.4. The van der Waals surface area contributed by atoms with Crippen molar-refractivity contribution < 1.29 is 0 Å². The lowest BCUT2D eigenvalue weighted by Gasteiger charge is -2.23. The van der Waals surface area contributed by atoms with E-state index < -0.39 is 0 Å². The van der Waals surface area contributed by atoms with Crippen LogP contribution in [0.25, 0.3) is 23.8 Å². The van der Waals surface area contributed by atoms with Crippen molar-refractivity contribution in [3.05, 3.63) is 68.4 Å². The maximum atomic E-state index is 2.49. The number of hydrogen-bond donors (Lipinski definition) is 0. The summed E-state index contributed by atoms with van der Waals surface area (Å²) in [6.07, 6.45) is 13.6. The van der Waals surface area contributed by atoms with Gasteiger partial charge in [0.25, 0.3) is 0 Å². The Balaban J connectivity index is 1.99. The predicted octanol–water partition coefficient (Wildman–Crippen LogP) is 2.23. The quantitative estimate of drug-likeness (QED) is 0.654. The zero-order valence-corrected chi connectivity index (χ0v) is 14.3. The first-order valence-corrected chi connectivity index (χ1v) is 10.2. The molecule has 0 nitrogen and oxygen atoms in total. The van der Waals surface area contributed by atoms with E-state index in [-0.39, 0.29) is 0 Å². The Kier molecular flexibility index (Phi) is 3.27. The molecule has 0 fully saturated rings. The predicted molar refractivity (Wildman–Crippen MR) is 102 cm³/mol. The van der Waals surface area contributed by atoms with Gasteiger partial charge in [-0.15, -0.1) is 8.58 Å². The Hall–Kier alpha value is -1.65. The highest BCUT2D eigenvalue weighted by Crippen LogP contribution is 2.37. The zero-order chi connectivity index (χ0) is 15.2. The lowest BCUT2D eigenvalue weighted by molar-refractivity contribution is 0.786. The Bertz CT molecular complexity index is 1030. The molecule has 0 N–H and O–H groups in total. The number of benzene rings is 2. The van der Waals surface area contributed by atoms with Gasteiger partial charge in [0.2, 0.25) is 0 Å². The molecule has 1 heterocycles. The van der Waals surface area contributed by atoms with Crippen LogP contribution in [0.5, 0.6) is 0 Å². The maximum absolute atomic E-state index is 2.49. The molecule has 0 saturated carbocycles. The first kappa shape index (κ1) is 13.8. The molecular weight excluding hydrogens is 295 g/mol. The Morgan fingerprint density at radius 1 is 0.870 bits per heavy atom. The molecular formula is C22H21P. The Morgan fingerprint density at radius 2 is 1.78 bits per heavy atom. The van der Waals surface area contributed by atoms with E-state index in [1.807, 2.05) is 0 Å². The van der Waals surface area contributed by atoms with Gasteiger partial charge in [0, 0.05) is 0 Å². The van der Waals surface area contributed by atoms with Crippen molar-refractivity contribution in [3.63, 3.8) is 0 Å². The van der Waals surface area contributed by atoms with Crippen molar-refractivity contribution in [2.75, 3.05) is 6.16 Å². The number of hydrogen-bond acceptors (Lipinski definition) is 0. The highest BCUT2D eigenvalue weighted by Gasteiger charge is 2.25. The van der Waals surface area contributed by atoms with Gasteiger partial charge in [-0.05, 0) is 75.1 Å². The van der Waals surface area contributed by atoms with E-state index in [4.69, 9.17) is 0 Å². The van der Waals surface area contributed by atoms with E-state index in [9.17, 15) is 0 Å². The number of rotatable bonds is 0. The minimum Gasteiger partial charge on any atom is -0.117 e. The topological polar surface area (TPSA) is 0 Å². The van der Waals surface area contributed by atoms with Crippen LogP contribution >= 0.6 is 8.58 Å². The van der Waals surface area contributed by atoms with Crippen molar-refractivity contribution in [3.8, 4) is 0 Å². The summed E-state index contributed by atoms with van der Waals surface area (Å²) < 4.78 is 0. The van der Waals surface area contributed by atoms with Crippen LogP contribution in [0.4, 0.5) is 0 Å². The summed E-state index contributed by atoms with van der Waals surface area (Å²) in [6.45, 7) is 0. The molecule has 2 aromatic carbocycles. The highest BCUT2D eigenvalue weighted by atomic mass is 31.1. The van der Waals surface area contributed by atoms with Crippen LogP contribution < -0.4 is 20.9 Å². The van der Waals surface area contributed by atoms with E-state index >= 15 is 0 Å². The molecule has 0 saturated heterocycles. The summed E-state index contributed by atoms with van der Waals surface area (Å²) in [5, 5.41) is 5.91. The molecule has 0 amide bonds. The second kappa shape index (κ2) is 5.46. The molecule has 0 bridgehead atoms. The van der Waals surface area contributed by atoms with Crippen molar-refractivity contribution in [2.24, 2.45) is 5.92 Å². The highest BCUT2D eigenvalue weighted by molar-refractivity contribution is 7.37. The van der Waals surface area contributed by atoms with Gasteiger partial charge < -0.3 is 0 Å². The maximum Gasteiger partial charge on any atom is -0.00776 e. The van der Waals surface area contributed by atoms with Gasteiger partial charge >= 0.3 is 0 Å². The molecule has 0 aromatic heterocycles. The second-order valence-corrected chi connectivity index (χ2v) is 8.12. The van der Waals surface area contributed by atoms with Crippen LogP contribution in [0.1, 0.15) is 30.4 Å². The van der Waals surface area contributed by atoms with Crippen LogP contribution in [-0.4, -0.2) is 6.16 Å². The average molecular weight is 316 g/mol. The molecule has 0 spiro atoms. The minimum atomic E-state index is 0.714. The molecule has 1 aliphatic heterocycles. The van der Waals surface area contributed by atoms with Crippen molar-refractivity contribution in [2.45, 2.75) is 25.4 Å². The molecule has 3 aliphatic rings.